The molecule has 20 heavy (non-hydrogen) atoms. The number of amides is 2. The Bertz CT molecular complexity index is 486. The van der Waals surface area contributed by atoms with Gasteiger partial charge in [0.05, 0.1) is 18.3 Å². The summed E-state index contributed by atoms with van der Waals surface area (Å²) in [6.45, 7) is 6.45. The van der Waals surface area contributed by atoms with Crippen molar-refractivity contribution >= 4 is 17.7 Å². The fourth-order valence-corrected chi connectivity index (χ4v) is 1.56. The fraction of sp³-hybridized carbons (Fsp3) is 0.429. The minimum absolute atomic E-state index is 0.130. The van der Waals surface area contributed by atoms with Crippen LogP contribution in [0.5, 0.6) is 0 Å². The Balaban J connectivity index is 2.48. The molecule has 3 N–H and O–H groups in total. The number of hydrogen-bond acceptors (Lipinski definition) is 3. The molecule has 0 radical (unpaired) electrons. The second kappa shape index (κ2) is 7.49. The molecule has 0 saturated carbocycles. The molecule has 0 saturated heterocycles. The van der Waals surface area contributed by atoms with Crippen LogP contribution in [0.25, 0.3) is 0 Å². The zero-order valence-corrected chi connectivity index (χ0v) is 11.9. The van der Waals surface area contributed by atoms with Crippen LogP contribution in [0.4, 0.5) is 10.5 Å². The molecule has 0 aliphatic heterocycles. The van der Waals surface area contributed by atoms with Gasteiger partial charge in [-0.3, -0.25) is 0 Å². The average molecular weight is 280 g/mol. The first-order chi connectivity index (χ1) is 9.40. The van der Waals surface area contributed by atoms with Crippen LogP contribution < -0.4 is 10.6 Å². The Kier molecular flexibility index (Phi) is 5.99. The molecule has 0 atom stereocenters. The van der Waals surface area contributed by atoms with Gasteiger partial charge in [-0.2, -0.15) is 0 Å². The molecule has 0 unspecified atom stereocenters. The topological polar surface area (TPSA) is 87.7 Å². The lowest BCUT2D eigenvalue weighted by atomic mass is 10.1. The van der Waals surface area contributed by atoms with E-state index in [1.54, 1.807) is 13.0 Å². The molecule has 6 nitrogen and oxygen atoms in total. The number of benzene rings is 1. The van der Waals surface area contributed by atoms with Crippen molar-refractivity contribution < 1.29 is 19.4 Å². The van der Waals surface area contributed by atoms with Gasteiger partial charge in [-0.1, -0.05) is 0 Å². The molecule has 1 aromatic carbocycles. The van der Waals surface area contributed by atoms with Crippen molar-refractivity contribution in [3.05, 3.63) is 29.3 Å². The highest BCUT2D eigenvalue weighted by atomic mass is 16.5. The van der Waals surface area contributed by atoms with Crippen LogP contribution in [0.15, 0.2) is 18.2 Å². The van der Waals surface area contributed by atoms with Crippen LogP contribution >= 0.6 is 0 Å². The molecule has 0 fully saturated rings. The summed E-state index contributed by atoms with van der Waals surface area (Å²) in [4.78, 5) is 22.4. The molecule has 0 bridgehead atoms. The van der Waals surface area contributed by atoms with Crippen molar-refractivity contribution in [1.29, 1.82) is 0 Å². The standard InChI is InChI=1S/C14H20N2O4/c1-9(2)20-7-6-15-14(19)16-12-5-4-11(13(17)18)8-10(12)3/h4-5,8-9H,6-7H2,1-3H3,(H,17,18)(H2,15,16,19). The van der Waals surface area contributed by atoms with E-state index in [1.165, 1.54) is 12.1 Å². The van der Waals surface area contributed by atoms with Gasteiger partial charge in [0.1, 0.15) is 0 Å². The van der Waals surface area contributed by atoms with Gasteiger partial charge in [0.2, 0.25) is 0 Å². The predicted octanol–water partition coefficient (Wildman–Crippen LogP) is 2.24. The highest BCUT2D eigenvalue weighted by molar-refractivity contribution is 5.92. The zero-order chi connectivity index (χ0) is 15.1. The van der Waals surface area contributed by atoms with E-state index in [-0.39, 0.29) is 17.7 Å². The molecular formula is C14H20N2O4. The van der Waals surface area contributed by atoms with Gasteiger partial charge in [0, 0.05) is 12.2 Å². The van der Waals surface area contributed by atoms with E-state index >= 15 is 0 Å². The SMILES string of the molecule is Cc1cc(C(=O)O)ccc1NC(=O)NCCOC(C)C. The van der Waals surface area contributed by atoms with Crippen LogP contribution in [0.1, 0.15) is 29.8 Å². The molecule has 0 aromatic heterocycles. The van der Waals surface area contributed by atoms with Gasteiger partial charge >= 0.3 is 12.0 Å². The van der Waals surface area contributed by atoms with Gasteiger partial charge in [-0.15, -0.1) is 0 Å². The van der Waals surface area contributed by atoms with Crippen LogP contribution in [-0.2, 0) is 4.74 Å². The first kappa shape index (κ1) is 16.0. The fourth-order valence-electron chi connectivity index (χ4n) is 1.56. The highest BCUT2D eigenvalue weighted by Gasteiger charge is 2.08. The summed E-state index contributed by atoms with van der Waals surface area (Å²) in [5.74, 6) is -0.991. The maximum atomic E-state index is 11.6. The zero-order valence-electron chi connectivity index (χ0n) is 11.9. The van der Waals surface area contributed by atoms with Crippen molar-refractivity contribution in [2.75, 3.05) is 18.5 Å². The summed E-state index contributed by atoms with van der Waals surface area (Å²) in [5, 5.41) is 14.2. The maximum absolute atomic E-state index is 11.6. The minimum Gasteiger partial charge on any atom is -0.478 e. The van der Waals surface area contributed by atoms with E-state index < -0.39 is 5.97 Å². The van der Waals surface area contributed by atoms with Gasteiger partial charge < -0.3 is 20.5 Å². The average Bonchev–Trinajstić information content (AvgIpc) is 2.36. The van der Waals surface area contributed by atoms with Crippen LogP contribution in [0.3, 0.4) is 0 Å². The number of anilines is 1. The number of carboxylic acids is 1. The van der Waals surface area contributed by atoms with E-state index in [0.717, 1.165) is 0 Å². The second-order valence-electron chi connectivity index (χ2n) is 4.64. The molecule has 0 spiro atoms. The third kappa shape index (κ3) is 5.27. The number of carboxylic acid groups (broad SMARTS) is 1. The molecule has 0 heterocycles. The summed E-state index contributed by atoms with van der Waals surface area (Å²) in [6.07, 6.45) is 0.130. The van der Waals surface area contributed by atoms with Crippen molar-refractivity contribution in [2.24, 2.45) is 0 Å². The first-order valence-electron chi connectivity index (χ1n) is 6.40. The summed E-state index contributed by atoms with van der Waals surface area (Å²) >= 11 is 0. The van der Waals surface area contributed by atoms with Gasteiger partial charge in [0.15, 0.2) is 0 Å². The number of nitrogens with one attached hydrogen (secondary N) is 2. The quantitative estimate of drug-likeness (QED) is 0.697. The smallest absolute Gasteiger partial charge is 0.335 e. The highest BCUT2D eigenvalue weighted by Crippen LogP contribution is 2.16. The van der Waals surface area contributed by atoms with Gasteiger partial charge in [-0.25, -0.2) is 9.59 Å². The molecule has 1 rings (SSSR count). The monoisotopic (exact) mass is 280 g/mol. The third-order valence-electron chi connectivity index (χ3n) is 2.56. The Labute approximate surface area is 118 Å². The maximum Gasteiger partial charge on any atom is 0.335 e. The van der Waals surface area contributed by atoms with Crippen molar-refractivity contribution in [3.63, 3.8) is 0 Å². The number of rotatable bonds is 6. The molecule has 110 valence electrons. The van der Waals surface area contributed by atoms with E-state index in [2.05, 4.69) is 10.6 Å². The number of aromatic carboxylic acids is 1. The molecular weight excluding hydrogens is 260 g/mol. The van der Waals surface area contributed by atoms with E-state index in [0.29, 0.717) is 24.4 Å². The van der Waals surface area contributed by atoms with Crippen molar-refractivity contribution in [3.8, 4) is 0 Å². The number of ether oxygens (including phenoxy) is 1. The normalized spacial score (nSPS) is 10.4. The lowest BCUT2D eigenvalue weighted by Gasteiger charge is -2.11. The van der Waals surface area contributed by atoms with E-state index in [1.807, 2.05) is 13.8 Å². The number of aryl methyl sites for hydroxylation is 1. The number of urea groups is 1. The van der Waals surface area contributed by atoms with Gasteiger partial charge in [0.25, 0.3) is 0 Å². The van der Waals surface area contributed by atoms with Crippen LogP contribution in [-0.4, -0.2) is 36.4 Å². The van der Waals surface area contributed by atoms with Crippen LogP contribution in [0, 0.1) is 6.92 Å². The second-order valence-corrected chi connectivity index (χ2v) is 4.64. The number of hydrogen-bond donors (Lipinski definition) is 3. The largest absolute Gasteiger partial charge is 0.478 e. The van der Waals surface area contributed by atoms with Crippen molar-refractivity contribution in [2.45, 2.75) is 26.9 Å². The van der Waals surface area contributed by atoms with Crippen molar-refractivity contribution in [1.82, 2.24) is 5.32 Å². The number of carbonyl (C=O) groups is 2. The summed E-state index contributed by atoms with van der Waals surface area (Å²) in [6, 6.07) is 4.19. The lowest BCUT2D eigenvalue weighted by Crippen LogP contribution is -2.32. The van der Waals surface area contributed by atoms with E-state index in [4.69, 9.17) is 9.84 Å². The Morgan fingerprint density at radius 2 is 2.05 bits per heavy atom. The minimum atomic E-state index is -0.991. The molecule has 0 aliphatic carbocycles. The Hall–Kier alpha value is -2.08. The van der Waals surface area contributed by atoms with Gasteiger partial charge in [-0.05, 0) is 44.5 Å². The molecule has 2 amide bonds. The lowest BCUT2D eigenvalue weighted by molar-refractivity contribution is 0.0696. The predicted molar refractivity (Wildman–Crippen MR) is 76.2 cm³/mol. The number of carbonyl (C=O) groups excluding carboxylic acids is 1. The third-order valence-corrected chi connectivity index (χ3v) is 2.56. The van der Waals surface area contributed by atoms with E-state index in [9.17, 15) is 9.59 Å². The molecule has 0 aliphatic rings. The first-order valence-corrected chi connectivity index (χ1v) is 6.40. The summed E-state index contributed by atoms with van der Waals surface area (Å²) in [5.41, 5.74) is 1.47. The Morgan fingerprint density at radius 3 is 2.60 bits per heavy atom. The van der Waals surface area contributed by atoms with Crippen LogP contribution in [0.2, 0.25) is 0 Å². The Morgan fingerprint density at radius 1 is 1.35 bits per heavy atom. The molecule has 1 aromatic rings. The molecule has 6 heteroatoms. The summed E-state index contributed by atoms with van der Waals surface area (Å²) < 4.78 is 5.30. The summed E-state index contributed by atoms with van der Waals surface area (Å²) in [7, 11) is 0.